The van der Waals surface area contributed by atoms with Crippen molar-refractivity contribution in [1.82, 2.24) is 5.32 Å². The molecule has 1 fully saturated rings. The van der Waals surface area contributed by atoms with Gasteiger partial charge in [-0.25, -0.2) is 0 Å². The number of amides is 1. The first kappa shape index (κ1) is 45.4. The van der Waals surface area contributed by atoms with Crippen LogP contribution in [0.4, 0.5) is 0 Å². The smallest absolute Gasteiger partial charge is 0.220 e. The van der Waals surface area contributed by atoms with Crippen LogP contribution in [0.1, 0.15) is 155 Å². The van der Waals surface area contributed by atoms with Crippen molar-refractivity contribution in [3.05, 3.63) is 36.5 Å². The monoisotopic (exact) mass is 696 g/mol. The first-order valence-corrected chi connectivity index (χ1v) is 19.7. The van der Waals surface area contributed by atoms with E-state index in [4.69, 9.17) is 9.47 Å². The molecule has 9 nitrogen and oxygen atoms in total. The van der Waals surface area contributed by atoms with Crippen LogP contribution < -0.4 is 5.32 Å². The fourth-order valence-electron chi connectivity index (χ4n) is 5.95. The van der Waals surface area contributed by atoms with E-state index in [0.29, 0.717) is 6.42 Å². The summed E-state index contributed by atoms with van der Waals surface area (Å²) in [5, 5.41) is 53.8. The van der Waals surface area contributed by atoms with Gasteiger partial charge in [0, 0.05) is 6.42 Å². The lowest BCUT2D eigenvalue weighted by molar-refractivity contribution is -0.302. The van der Waals surface area contributed by atoms with Crippen LogP contribution in [0, 0.1) is 0 Å². The normalized spacial score (nSPS) is 22.8. The average molecular weight is 696 g/mol. The molecule has 7 atom stereocenters. The van der Waals surface area contributed by atoms with Crippen LogP contribution >= 0.6 is 0 Å². The van der Waals surface area contributed by atoms with Gasteiger partial charge in [0.2, 0.25) is 5.91 Å². The maximum atomic E-state index is 12.8. The minimum absolute atomic E-state index is 0.191. The van der Waals surface area contributed by atoms with Gasteiger partial charge in [-0.1, -0.05) is 134 Å². The van der Waals surface area contributed by atoms with Crippen molar-refractivity contribution < 1.29 is 39.8 Å². The molecule has 6 N–H and O–H groups in total. The Bertz CT molecular complexity index is 863. The summed E-state index contributed by atoms with van der Waals surface area (Å²) in [4.78, 5) is 12.8. The summed E-state index contributed by atoms with van der Waals surface area (Å²) in [6.07, 6.45) is 29.1. The highest BCUT2D eigenvalue weighted by Crippen LogP contribution is 2.22. The molecule has 0 radical (unpaired) electrons. The first-order valence-electron chi connectivity index (χ1n) is 19.7. The molecule has 0 aromatic rings. The average Bonchev–Trinajstić information content (AvgIpc) is 3.10. The van der Waals surface area contributed by atoms with E-state index in [1.165, 1.54) is 77.0 Å². The van der Waals surface area contributed by atoms with Gasteiger partial charge >= 0.3 is 0 Å². The number of aliphatic hydroxyl groups is 5. The number of aliphatic hydroxyl groups excluding tert-OH is 5. The quantitative estimate of drug-likeness (QED) is 0.0338. The second-order valence-corrected chi connectivity index (χ2v) is 13.7. The zero-order valence-corrected chi connectivity index (χ0v) is 30.9. The molecule has 1 aliphatic heterocycles. The molecule has 0 bridgehead atoms. The van der Waals surface area contributed by atoms with E-state index in [0.717, 1.165) is 57.8 Å². The van der Waals surface area contributed by atoms with Gasteiger partial charge in [-0.3, -0.25) is 4.79 Å². The van der Waals surface area contributed by atoms with Crippen molar-refractivity contribution in [3.8, 4) is 0 Å². The molecule has 1 amide bonds. The van der Waals surface area contributed by atoms with Crippen LogP contribution in [0.15, 0.2) is 36.5 Å². The molecule has 1 saturated heterocycles. The van der Waals surface area contributed by atoms with E-state index in [9.17, 15) is 30.3 Å². The predicted octanol–water partition coefficient (Wildman–Crippen LogP) is 6.94. The summed E-state index contributed by atoms with van der Waals surface area (Å²) < 4.78 is 11.1. The summed E-state index contributed by atoms with van der Waals surface area (Å²) in [6, 6.07) is -0.804. The highest BCUT2D eigenvalue weighted by molar-refractivity contribution is 5.76. The van der Waals surface area contributed by atoms with E-state index < -0.39 is 49.5 Å². The van der Waals surface area contributed by atoms with Crippen molar-refractivity contribution in [2.45, 2.75) is 198 Å². The Morgan fingerprint density at radius 3 is 1.78 bits per heavy atom. The Labute approximate surface area is 298 Å². The third-order valence-electron chi connectivity index (χ3n) is 9.21. The van der Waals surface area contributed by atoms with Gasteiger partial charge in [-0.05, 0) is 51.4 Å². The van der Waals surface area contributed by atoms with Gasteiger partial charge in [0.05, 0.1) is 25.4 Å². The van der Waals surface area contributed by atoms with E-state index in [-0.39, 0.29) is 12.5 Å². The van der Waals surface area contributed by atoms with Crippen LogP contribution in [0.3, 0.4) is 0 Å². The van der Waals surface area contributed by atoms with Gasteiger partial charge in [-0.2, -0.15) is 0 Å². The zero-order chi connectivity index (χ0) is 36.0. The molecule has 9 heteroatoms. The lowest BCUT2D eigenvalue weighted by Crippen LogP contribution is -2.60. The third-order valence-corrected chi connectivity index (χ3v) is 9.21. The summed E-state index contributed by atoms with van der Waals surface area (Å²) >= 11 is 0. The zero-order valence-electron chi connectivity index (χ0n) is 30.9. The van der Waals surface area contributed by atoms with Crippen LogP contribution in [0.25, 0.3) is 0 Å². The van der Waals surface area contributed by atoms with Crippen molar-refractivity contribution >= 4 is 5.91 Å². The molecule has 49 heavy (non-hydrogen) atoms. The standard InChI is InChI=1S/C40H73NO8/c1-3-5-7-9-11-13-14-15-16-17-18-19-20-21-22-24-26-28-30-36(44)41-33(34(43)29-27-25-23-12-10-8-6-4-2)32-48-40-39(47)38(46)37(45)35(31-42)49-40/h13-14,16-17,27,29,33-35,37-40,42-43,45-47H,3-12,15,18-26,28,30-32H2,1-2H3,(H,41,44)/b14-13-,17-16-,29-27+. The van der Waals surface area contributed by atoms with E-state index >= 15 is 0 Å². The molecular weight excluding hydrogens is 622 g/mol. The van der Waals surface area contributed by atoms with Gasteiger partial charge in [0.1, 0.15) is 24.4 Å². The maximum Gasteiger partial charge on any atom is 0.220 e. The molecule has 286 valence electrons. The second kappa shape index (κ2) is 31.2. The molecule has 1 heterocycles. The van der Waals surface area contributed by atoms with Crippen molar-refractivity contribution in [1.29, 1.82) is 0 Å². The highest BCUT2D eigenvalue weighted by Gasteiger charge is 2.44. The van der Waals surface area contributed by atoms with Crippen LogP contribution in [-0.4, -0.2) is 87.5 Å². The number of unbranched alkanes of at least 4 members (excludes halogenated alkanes) is 17. The van der Waals surface area contributed by atoms with Crippen LogP contribution in [0.2, 0.25) is 0 Å². The molecule has 0 aromatic heterocycles. The number of allylic oxidation sites excluding steroid dienone is 5. The van der Waals surface area contributed by atoms with E-state index in [1.807, 2.05) is 6.08 Å². The van der Waals surface area contributed by atoms with Crippen LogP contribution in [-0.2, 0) is 14.3 Å². The number of rotatable bonds is 31. The number of ether oxygens (including phenoxy) is 2. The fourth-order valence-corrected chi connectivity index (χ4v) is 5.95. The number of nitrogens with one attached hydrogen (secondary N) is 1. The first-order chi connectivity index (χ1) is 23.8. The fraction of sp³-hybridized carbons (Fsp3) is 0.825. The SMILES string of the molecule is CCCCCC/C=C\C/C=C\CCCCCCCCCC(=O)NC(COC1OC(CO)C(O)C(O)C1O)C(O)/C=C/CCCCCCCC. The number of carbonyl (C=O) groups is 1. The second-order valence-electron chi connectivity index (χ2n) is 13.7. The predicted molar refractivity (Wildman–Crippen MR) is 198 cm³/mol. The Balaban J connectivity index is 2.37. The lowest BCUT2D eigenvalue weighted by Gasteiger charge is -2.40. The summed E-state index contributed by atoms with van der Waals surface area (Å²) in [6.45, 7) is 3.68. The van der Waals surface area contributed by atoms with Gasteiger partial charge in [0.25, 0.3) is 0 Å². The molecule has 0 spiro atoms. The van der Waals surface area contributed by atoms with Gasteiger partial charge in [-0.15, -0.1) is 0 Å². The van der Waals surface area contributed by atoms with Crippen molar-refractivity contribution in [3.63, 3.8) is 0 Å². The molecule has 0 aromatic carbocycles. The largest absolute Gasteiger partial charge is 0.394 e. The Morgan fingerprint density at radius 1 is 0.694 bits per heavy atom. The number of hydrogen-bond donors (Lipinski definition) is 6. The highest BCUT2D eigenvalue weighted by atomic mass is 16.7. The lowest BCUT2D eigenvalue weighted by atomic mass is 9.99. The summed E-state index contributed by atoms with van der Waals surface area (Å²) in [5.74, 6) is -0.191. The van der Waals surface area contributed by atoms with Crippen molar-refractivity contribution in [2.24, 2.45) is 0 Å². The molecular formula is C40H73NO8. The number of carbonyl (C=O) groups excluding carboxylic acids is 1. The van der Waals surface area contributed by atoms with Gasteiger partial charge in [0.15, 0.2) is 6.29 Å². The van der Waals surface area contributed by atoms with E-state index in [2.05, 4.69) is 43.5 Å². The van der Waals surface area contributed by atoms with Crippen molar-refractivity contribution in [2.75, 3.05) is 13.2 Å². The molecule has 7 unspecified atom stereocenters. The third kappa shape index (κ3) is 22.8. The summed E-state index contributed by atoms with van der Waals surface area (Å²) in [7, 11) is 0. The summed E-state index contributed by atoms with van der Waals surface area (Å²) in [5.41, 5.74) is 0. The molecule has 1 rings (SSSR count). The Kier molecular flexibility index (Phi) is 28.9. The number of hydrogen-bond acceptors (Lipinski definition) is 8. The van der Waals surface area contributed by atoms with Gasteiger partial charge < -0.3 is 40.3 Å². The van der Waals surface area contributed by atoms with E-state index in [1.54, 1.807) is 6.08 Å². The minimum atomic E-state index is -1.56. The topological polar surface area (TPSA) is 149 Å². The van der Waals surface area contributed by atoms with Crippen LogP contribution in [0.5, 0.6) is 0 Å². The Hall–Kier alpha value is -1.59. The maximum absolute atomic E-state index is 12.8. The molecule has 0 aliphatic carbocycles. The minimum Gasteiger partial charge on any atom is -0.394 e. The Morgan fingerprint density at radius 2 is 1.20 bits per heavy atom. The molecule has 0 saturated carbocycles. The molecule has 1 aliphatic rings.